The van der Waals surface area contributed by atoms with Crippen LogP contribution in [-0.2, 0) is 33.3 Å². The van der Waals surface area contributed by atoms with Crippen LogP contribution in [0.5, 0.6) is 0 Å². The maximum Gasteiger partial charge on any atom is 0.341 e. The second kappa shape index (κ2) is 5.55. The first-order chi connectivity index (χ1) is 12.5. The first-order valence-electron chi connectivity index (χ1n) is 8.98. The van der Waals surface area contributed by atoms with Crippen molar-refractivity contribution in [2.45, 2.75) is 63.6 Å². The van der Waals surface area contributed by atoms with Crippen molar-refractivity contribution < 1.29 is 33.3 Å². The largest absolute Gasteiger partial charge is 0.479 e. The Hall–Kier alpha value is -2.41. The molecule has 7 nitrogen and oxygen atoms in total. The van der Waals surface area contributed by atoms with Gasteiger partial charge in [0.05, 0.1) is 12.0 Å². The highest BCUT2D eigenvalue weighted by Crippen LogP contribution is 2.44. The Balaban J connectivity index is 1.73. The summed E-state index contributed by atoms with van der Waals surface area (Å²) in [6.45, 7) is 10.7. The summed E-state index contributed by atoms with van der Waals surface area (Å²) in [6, 6.07) is 0. The smallest absolute Gasteiger partial charge is 0.341 e. The lowest BCUT2D eigenvalue weighted by Crippen LogP contribution is -2.42. The topological polar surface area (TPSA) is 91.4 Å². The average Bonchev–Trinajstić information content (AvgIpc) is 2.94. The molecule has 0 unspecified atom stereocenters. The zero-order valence-electron chi connectivity index (χ0n) is 15.7. The van der Waals surface area contributed by atoms with Crippen LogP contribution in [0, 0.1) is 5.92 Å². The van der Waals surface area contributed by atoms with E-state index in [0.29, 0.717) is 11.3 Å². The first-order valence-corrected chi connectivity index (χ1v) is 8.98. The van der Waals surface area contributed by atoms with Crippen LogP contribution in [0.1, 0.15) is 34.1 Å². The quantitative estimate of drug-likeness (QED) is 0.413. The highest BCUT2D eigenvalue weighted by atomic mass is 16.7. The number of esters is 2. The third-order valence-electron chi connectivity index (χ3n) is 5.98. The van der Waals surface area contributed by atoms with Crippen molar-refractivity contribution in [3.63, 3.8) is 0 Å². The molecule has 2 saturated heterocycles. The summed E-state index contributed by atoms with van der Waals surface area (Å²) in [5.41, 5.74) is -1.25. The number of carbonyl (C=O) groups excluding carboxylic acids is 3. The van der Waals surface area contributed by atoms with Crippen LogP contribution in [0.25, 0.3) is 0 Å². The predicted octanol–water partition coefficient (Wildman–Crippen LogP) is 1.77. The number of ketones is 1. The van der Waals surface area contributed by atoms with Gasteiger partial charge < -0.3 is 18.9 Å². The number of hydrogen-bond acceptors (Lipinski definition) is 7. The summed E-state index contributed by atoms with van der Waals surface area (Å²) in [5.74, 6) is -1.40. The zero-order valence-corrected chi connectivity index (χ0v) is 15.7. The van der Waals surface area contributed by atoms with Gasteiger partial charge in [0.1, 0.15) is 18.0 Å². The molecule has 27 heavy (non-hydrogen) atoms. The minimum absolute atomic E-state index is 0.153. The second-order valence-electron chi connectivity index (χ2n) is 7.99. The molecule has 4 rings (SSSR count). The summed E-state index contributed by atoms with van der Waals surface area (Å²) in [6.07, 6.45) is 1.58. The molecule has 0 aromatic heterocycles. The highest BCUT2D eigenvalue weighted by molar-refractivity contribution is 6.00. The Morgan fingerprint density at radius 2 is 2.00 bits per heavy atom. The maximum atomic E-state index is 12.6. The van der Waals surface area contributed by atoms with Crippen LogP contribution >= 0.6 is 0 Å². The van der Waals surface area contributed by atoms with E-state index in [-0.39, 0.29) is 23.9 Å². The van der Waals surface area contributed by atoms with Gasteiger partial charge in [-0.2, -0.15) is 0 Å². The molecule has 0 aromatic carbocycles. The molecule has 4 aliphatic rings. The minimum Gasteiger partial charge on any atom is -0.479 e. The van der Waals surface area contributed by atoms with Gasteiger partial charge in [-0.3, -0.25) is 4.79 Å². The third kappa shape index (κ3) is 2.64. The van der Waals surface area contributed by atoms with Gasteiger partial charge in [0, 0.05) is 18.1 Å². The summed E-state index contributed by atoms with van der Waals surface area (Å²) in [5, 5.41) is 0. The van der Waals surface area contributed by atoms with Gasteiger partial charge in [-0.1, -0.05) is 6.58 Å². The molecular weight excluding hydrogens is 352 g/mol. The predicted molar refractivity (Wildman–Crippen MR) is 92.3 cm³/mol. The Kier molecular flexibility index (Phi) is 3.69. The molecule has 7 heteroatoms. The lowest BCUT2D eigenvalue weighted by molar-refractivity contribution is -0.156. The van der Waals surface area contributed by atoms with Gasteiger partial charge in [-0.25, -0.2) is 9.59 Å². The number of hydrogen-bond donors (Lipinski definition) is 0. The molecule has 0 aromatic rings. The average molecular weight is 374 g/mol. The van der Waals surface area contributed by atoms with Crippen molar-refractivity contribution in [3.05, 3.63) is 35.6 Å². The molecule has 4 aliphatic heterocycles. The van der Waals surface area contributed by atoms with Gasteiger partial charge in [0.15, 0.2) is 11.2 Å². The fraction of sp³-hybridized carbons (Fsp3) is 0.550. The van der Waals surface area contributed by atoms with E-state index in [4.69, 9.17) is 18.9 Å². The van der Waals surface area contributed by atoms with Crippen LogP contribution < -0.4 is 0 Å². The summed E-state index contributed by atoms with van der Waals surface area (Å²) >= 11 is 0. The lowest BCUT2D eigenvalue weighted by Gasteiger charge is -2.29. The van der Waals surface area contributed by atoms with Crippen molar-refractivity contribution in [1.29, 1.82) is 0 Å². The molecule has 2 fully saturated rings. The molecular formula is C20H22O7. The highest BCUT2D eigenvalue weighted by Gasteiger charge is 2.59. The van der Waals surface area contributed by atoms with Crippen LogP contribution in [0.15, 0.2) is 35.6 Å². The third-order valence-corrected chi connectivity index (χ3v) is 5.98. The van der Waals surface area contributed by atoms with Gasteiger partial charge in [-0.15, -0.1) is 0 Å². The van der Waals surface area contributed by atoms with E-state index in [1.807, 2.05) is 0 Å². The van der Waals surface area contributed by atoms with Crippen LogP contribution in [0.3, 0.4) is 0 Å². The van der Waals surface area contributed by atoms with Crippen LogP contribution in [0.4, 0.5) is 0 Å². The van der Waals surface area contributed by atoms with Crippen molar-refractivity contribution >= 4 is 17.7 Å². The first kappa shape index (κ1) is 18.0. The normalized spacial score (nSPS) is 44.7. The van der Waals surface area contributed by atoms with Crippen molar-refractivity contribution in [1.82, 2.24) is 0 Å². The molecule has 2 bridgehead atoms. The SMILES string of the molecule is C=C1C(=O)O[C@@H]2C[C@]3(C)OC(=CC3=O)/C(C)=C/[C@@H](OC(=O)[C@@]3(C)O[C@H]3C)[C@@H]12. The monoisotopic (exact) mass is 374 g/mol. The van der Waals surface area contributed by atoms with Crippen molar-refractivity contribution in [3.8, 4) is 0 Å². The van der Waals surface area contributed by atoms with Gasteiger partial charge in [0.25, 0.3) is 0 Å². The van der Waals surface area contributed by atoms with E-state index in [1.54, 1.807) is 33.8 Å². The number of carbonyl (C=O) groups is 3. The standard InChI is InChI=1S/C20H22O7/c1-9-6-13(25-18(23)20(5)11(3)26-20)16-10(2)17(22)24-14(16)8-19(4)15(21)7-12(9)27-19/h6-7,11,13-14,16H,2,8H2,1,3-5H3/b9-6+/t11-,13+,14+,16+,19-,20-/m0/s1. The Bertz CT molecular complexity index is 837. The lowest BCUT2D eigenvalue weighted by atomic mass is 9.83. The van der Waals surface area contributed by atoms with Crippen LogP contribution in [0.2, 0.25) is 0 Å². The molecule has 0 radical (unpaired) electrons. The van der Waals surface area contributed by atoms with E-state index in [9.17, 15) is 14.4 Å². The molecule has 0 aliphatic carbocycles. The molecule has 6 atom stereocenters. The molecule has 0 saturated carbocycles. The van der Waals surface area contributed by atoms with Crippen molar-refractivity contribution in [2.24, 2.45) is 5.92 Å². The summed E-state index contributed by atoms with van der Waals surface area (Å²) in [7, 11) is 0. The molecule has 4 heterocycles. The van der Waals surface area contributed by atoms with E-state index < -0.39 is 41.3 Å². The fourth-order valence-electron chi connectivity index (χ4n) is 3.87. The summed E-state index contributed by atoms with van der Waals surface area (Å²) in [4.78, 5) is 37.2. The Morgan fingerprint density at radius 3 is 2.63 bits per heavy atom. The number of epoxide rings is 1. The van der Waals surface area contributed by atoms with E-state index in [0.717, 1.165) is 0 Å². The molecule has 0 amide bonds. The number of ether oxygens (including phenoxy) is 4. The van der Waals surface area contributed by atoms with E-state index in [1.165, 1.54) is 6.08 Å². The molecule has 0 N–H and O–H groups in total. The number of rotatable bonds is 2. The van der Waals surface area contributed by atoms with Gasteiger partial charge >= 0.3 is 11.9 Å². The van der Waals surface area contributed by atoms with E-state index >= 15 is 0 Å². The number of fused-ring (bicyclic) bond motifs is 3. The minimum atomic E-state index is -1.13. The van der Waals surface area contributed by atoms with Gasteiger partial charge in [0.2, 0.25) is 5.78 Å². The Morgan fingerprint density at radius 1 is 1.33 bits per heavy atom. The van der Waals surface area contributed by atoms with E-state index in [2.05, 4.69) is 6.58 Å². The Labute approximate surface area is 157 Å². The molecule has 0 spiro atoms. The second-order valence-corrected chi connectivity index (χ2v) is 7.99. The maximum absolute atomic E-state index is 12.6. The van der Waals surface area contributed by atoms with Crippen molar-refractivity contribution in [2.75, 3.05) is 0 Å². The summed E-state index contributed by atoms with van der Waals surface area (Å²) < 4.78 is 22.4. The fourth-order valence-corrected chi connectivity index (χ4v) is 3.87. The van der Waals surface area contributed by atoms with Gasteiger partial charge in [-0.05, 0) is 39.3 Å². The number of allylic oxidation sites excluding steroid dienone is 1. The van der Waals surface area contributed by atoms with Crippen LogP contribution in [-0.4, -0.2) is 47.2 Å². The molecule has 144 valence electrons. The zero-order chi connectivity index (χ0) is 19.7.